The maximum atomic E-state index is 9.33. The topological polar surface area (TPSA) is 49.1 Å². The molecule has 1 aromatic carbocycles. The highest BCUT2D eigenvalue weighted by Crippen LogP contribution is 2.39. The van der Waals surface area contributed by atoms with Crippen LogP contribution >= 0.6 is 11.6 Å². The van der Waals surface area contributed by atoms with E-state index in [2.05, 4.69) is 11.1 Å². The second kappa shape index (κ2) is 4.94. The summed E-state index contributed by atoms with van der Waals surface area (Å²) in [5.41, 5.74) is 2.65. The molecule has 0 fully saturated rings. The van der Waals surface area contributed by atoms with Crippen molar-refractivity contribution >= 4 is 28.2 Å². The van der Waals surface area contributed by atoms with Crippen molar-refractivity contribution < 1.29 is 4.74 Å². The number of nitriles is 1. The number of hydrogen-bond acceptors (Lipinski definition) is 4. The summed E-state index contributed by atoms with van der Waals surface area (Å²) >= 11 is 6.28. The Hall–Kier alpha value is -1.99. The van der Waals surface area contributed by atoms with Gasteiger partial charge in [-0.3, -0.25) is 0 Å². The number of aryl methyl sites for hydroxylation is 1. The highest BCUT2D eigenvalue weighted by Gasteiger charge is 2.19. The summed E-state index contributed by atoms with van der Waals surface area (Å²) in [6, 6.07) is 5.74. The van der Waals surface area contributed by atoms with Gasteiger partial charge in [-0.05, 0) is 19.1 Å². The number of benzene rings is 1. The molecule has 4 nitrogen and oxygen atoms in total. The smallest absolute Gasteiger partial charge is 0.145 e. The number of halogens is 1. The Morgan fingerprint density at radius 2 is 2.05 bits per heavy atom. The van der Waals surface area contributed by atoms with Gasteiger partial charge in [-0.15, -0.1) is 0 Å². The Morgan fingerprint density at radius 3 is 2.58 bits per heavy atom. The van der Waals surface area contributed by atoms with Crippen LogP contribution in [0.4, 0.5) is 5.69 Å². The van der Waals surface area contributed by atoms with Crippen LogP contribution in [0.15, 0.2) is 12.1 Å². The van der Waals surface area contributed by atoms with Gasteiger partial charge in [0.2, 0.25) is 0 Å². The van der Waals surface area contributed by atoms with Crippen molar-refractivity contribution in [1.29, 1.82) is 5.26 Å². The number of ether oxygens (including phenoxy) is 1. The quantitative estimate of drug-likeness (QED) is 0.845. The number of fused-ring (bicyclic) bond motifs is 1. The van der Waals surface area contributed by atoms with Crippen molar-refractivity contribution in [3.05, 3.63) is 28.4 Å². The van der Waals surface area contributed by atoms with Crippen LogP contribution in [-0.4, -0.2) is 26.2 Å². The van der Waals surface area contributed by atoms with E-state index >= 15 is 0 Å². The minimum Gasteiger partial charge on any atom is -0.494 e. The van der Waals surface area contributed by atoms with Gasteiger partial charge >= 0.3 is 0 Å². The van der Waals surface area contributed by atoms with Crippen molar-refractivity contribution in [2.24, 2.45) is 0 Å². The average molecular weight is 276 g/mol. The summed E-state index contributed by atoms with van der Waals surface area (Å²) in [4.78, 5) is 6.34. The van der Waals surface area contributed by atoms with Crippen LogP contribution in [-0.2, 0) is 0 Å². The highest BCUT2D eigenvalue weighted by atomic mass is 35.5. The van der Waals surface area contributed by atoms with E-state index in [1.54, 1.807) is 19.2 Å². The molecule has 0 bridgehead atoms. The monoisotopic (exact) mass is 275 g/mol. The third-order valence-corrected chi connectivity index (χ3v) is 3.30. The van der Waals surface area contributed by atoms with Gasteiger partial charge in [-0.1, -0.05) is 11.6 Å². The molecule has 0 aliphatic heterocycles. The van der Waals surface area contributed by atoms with E-state index in [1.165, 1.54) is 0 Å². The molecule has 0 atom stereocenters. The lowest BCUT2D eigenvalue weighted by Gasteiger charge is -2.20. The zero-order valence-electron chi connectivity index (χ0n) is 11.3. The summed E-state index contributed by atoms with van der Waals surface area (Å²) in [5.74, 6) is 0.648. The lowest BCUT2D eigenvalue weighted by atomic mass is 10.1. The van der Waals surface area contributed by atoms with Crippen LogP contribution in [0, 0.1) is 18.3 Å². The first kappa shape index (κ1) is 13.4. The third-order valence-electron chi connectivity index (χ3n) is 2.98. The Bertz CT molecular complexity index is 689. The second-order valence-corrected chi connectivity index (χ2v) is 4.81. The maximum Gasteiger partial charge on any atom is 0.145 e. The first-order valence-corrected chi connectivity index (χ1v) is 6.13. The van der Waals surface area contributed by atoms with Crippen LogP contribution in [0.25, 0.3) is 10.9 Å². The summed E-state index contributed by atoms with van der Waals surface area (Å²) < 4.78 is 5.32. The molecule has 2 rings (SSSR count). The van der Waals surface area contributed by atoms with Gasteiger partial charge < -0.3 is 9.64 Å². The normalized spacial score (nSPS) is 10.3. The Kier molecular flexibility index (Phi) is 3.50. The van der Waals surface area contributed by atoms with Crippen LogP contribution in [0.3, 0.4) is 0 Å². The van der Waals surface area contributed by atoms with E-state index in [9.17, 15) is 5.26 Å². The number of aromatic nitrogens is 1. The van der Waals surface area contributed by atoms with Crippen LogP contribution in [0.5, 0.6) is 5.75 Å². The third kappa shape index (κ3) is 2.06. The number of rotatable bonds is 2. The number of anilines is 1. The van der Waals surface area contributed by atoms with Crippen molar-refractivity contribution in [2.75, 3.05) is 26.1 Å². The molecule has 0 aliphatic rings. The molecule has 5 heteroatoms. The molecule has 98 valence electrons. The van der Waals surface area contributed by atoms with Crippen LogP contribution < -0.4 is 9.64 Å². The molecule has 0 aliphatic carbocycles. The zero-order valence-corrected chi connectivity index (χ0v) is 12.0. The van der Waals surface area contributed by atoms with Crippen molar-refractivity contribution in [3.63, 3.8) is 0 Å². The average Bonchev–Trinajstić information content (AvgIpc) is 2.37. The lowest BCUT2D eigenvalue weighted by Crippen LogP contribution is -2.13. The minimum absolute atomic E-state index is 0.535. The van der Waals surface area contributed by atoms with Crippen LogP contribution in [0.2, 0.25) is 5.02 Å². The van der Waals surface area contributed by atoms with Crippen LogP contribution in [0.1, 0.15) is 11.3 Å². The maximum absolute atomic E-state index is 9.33. The summed E-state index contributed by atoms with van der Waals surface area (Å²) in [6.07, 6.45) is 0. The number of hydrogen-bond donors (Lipinski definition) is 0. The first-order chi connectivity index (χ1) is 9.01. The number of methoxy groups -OCH3 is 1. The molecule has 0 saturated heterocycles. The van der Waals surface area contributed by atoms with Crippen molar-refractivity contribution in [1.82, 2.24) is 4.98 Å². The SMILES string of the molecule is COc1ccc(Cl)c2c(N(C)C)c(C#N)c(C)nc12. The number of nitrogens with zero attached hydrogens (tertiary/aromatic N) is 3. The molecule has 1 heterocycles. The van der Waals surface area contributed by atoms with Gasteiger partial charge in [0.05, 0.1) is 29.1 Å². The standard InChI is InChI=1S/C14H14ClN3O/c1-8-9(7-16)14(18(2)3)12-10(15)5-6-11(19-4)13(12)17-8/h5-6H,1-4H3. The fourth-order valence-corrected chi connectivity index (χ4v) is 2.39. The van der Waals surface area contributed by atoms with E-state index in [0.29, 0.717) is 27.5 Å². The fourth-order valence-electron chi connectivity index (χ4n) is 2.15. The lowest BCUT2D eigenvalue weighted by molar-refractivity contribution is 0.419. The second-order valence-electron chi connectivity index (χ2n) is 4.40. The molecule has 2 aromatic rings. The zero-order chi connectivity index (χ0) is 14.2. The van der Waals surface area contributed by atoms with Gasteiger partial charge in [0.15, 0.2) is 0 Å². The minimum atomic E-state index is 0.535. The van der Waals surface area contributed by atoms with Gasteiger partial charge in [0.1, 0.15) is 17.3 Å². The summed E-state index contributed by atoms with van der Waals surface area (Å²) in [5, 5.41) is 10.6. The largest absolute Gasteiger partial charge is 0.494 e. The van der Waals surface area contributed by atoms with Crippen molar-refractivity contribution in [2.45, 2.75) is 6.92 Å². The molecular formula is C14H14ClN3O. The molecule has 0 unspecified atom stereocenters. The van der Waals surface area contributed by atoms with Gasteiger partial charge in [0.25, 0.3) is 0 Å². The van der Waals surface area contributed by atoms with Gasteiger partial charge in [0, 0.05) is 19.5 Å². The molecule has 0 amide bonds. The summed E-state index contributed by atoms with van der Waals surface area (Å²) in [6.45, 7) is 1.81. The highest BCUT2D eigenvalue weighted by molar-refractivity contribution is 6.37. The predicted molar refractivity (Wildman–Crippen MR) is 77.1 cm³/mol. The molecule has 0 radical (unpaired) electrons. The number of pyridine rings is 1. The molecule has 0 N–H and O–H groups in total. The van der Waals surface area contributed by atoms with E-state index in [-0.39, 0.29) is 0 Å². The first-order valence-electron chi connectivity index (χ1n) is 5.75. The van der Waals surface area contributed by atoms with E-state index in [1.807, 2.05) is 25.9 Å². The predicted octanol–water partition coefficient (Wildman–Crippen LogP) is 3.14. The van der Waals surface area contributed by atoms with Gasteiger partial charge in [-0.2, -0.15) is 5.26 Å². The van der Waals surface area contributed by atoms with E-state index < -0.39 is 0 Å². The van der Waals surface area contributed by atoms with E-state index in [4.69, 9.17) is 16.3 Å². The molecule has 1 aromatic heterocycles. The fraction of sp³-hybridized carbons (Fsp3) is 0.286. The van der Waals surface area contributed by atoms with Gasteiger partial charge in [-0.25, -0.2) is 4.98 Å². The van der Waals surface area contributed by atoms with E-state index in [0.717, 1.165) is 11.1 Å². The molecule has 19 heavy (non-hydrogen) atoms. The molecule has 0 spiro atoms. The Morgan fingerprint density at radius 1 is 1.37 bits per heavy atom. The summed E-state index contributed by atoms with van der Waals surface area (Å²) in [7, 11) is 5.35. The molecular weight excluding hydrogens is 262 g/mol. The molecule has 0 saturated carbocycles. The Labute approximate surface area is 117 Å². The Balaban J connectivity index is 3.05. The van der Waals surface area contributed by atoms with Crippen molar-refractivity contribution in [3.8, 4) is 11.8 Å².